The van der Waals surface area contributed by atoms with E-state index in [9.17, 15) is 18.0 Å². The van der Waals surface area contributed by atoms with Crippen molar-refractivity contribution in [3.05, 3.63) is 29.3 Å². The smallest absolute Gasteiger partial charge is 0.417 e. The fraction of sp³-hybridized carbons (Fsp3) is 0.417. The third-order valence-corrected chi connectivity index (χ3v) is 2.39. The Balaban J connectivity index is 3.07. The number of rotatable bonds is 5. The average molecular weight is 277 g/mol. The fourth-order valence-corrected chi connectivity index (χ4v) is 1.63. The summed E-state index contributed by atoms with van der Waals surface area (Å²) in [6.07, 6.45) is -4.69. The van der Waals surface area contributed by atoms with Gasteiger partial charge in [0, 0.05) is 18.8 Å². The van der Waals surface area contributed by atoms with Crippen LogP contribution >= 0.6 is 0 Å². The van der Waals surface area contributed by atoms with Crippen LogP contribution in [0.1, 0.15) is 22.8 Å². The van der Waals surface area contributed by atoms with Gasteiger partial charge in [-0.2, -0.15) is 13.2 Å². The van der Waals surface area contributed by atoms with Crippen LogP contribution in [0.4, 0.5) is 18.9 Å². The SMILES string of the molecule is COCC(C)Nc1ccc(C(F)(F)F)c(C(=O)O)c1. The van der Waals surface area contributed by atoms with Gasteiger partial charge in [0.05, 0.1) is 17.7 Å². The molecule has 1 rings (SSSR count). The van der Waals surface area contributed by atoms with E-state index in [1.807, 2.05) is 0 Å². The zero-order chi connectivity index (χ0) is 14.6. The number of hydrogen-bond acceptors (Lipinski definition) is 3. The van der Waals surface area contributed by atoms with Gasteiger partial charge in [-0.3, -0.25) is 0 Å². The first kappa shape index (κ1) is 15.3. The van der Waals surface area contributed by atoms with Gasteiger partial charge in [-0.25, -0.2) is 4.79 Å². The quantitative estimate of drug-likeness (QED) is 0.869. The van der Waals surface area contributed by atoms with E-state index in [0.29, 0.717) is 12.3 Å². The van der Waals surface area contributed by atoms with Crippen molar-refractivity contribution in [3.63, 3.8) is 0 Å². The van der Waals surface area contributed by atoms with Gasteiger partial charge in [-0.15, -0.1) is 0 Å². The van der Waals surface area contributed by atoms with Crippen LogP contribution in [0.15, 0.2) is 18.2 Å². The Bertz CT molecular complexity index is 460. The highest BCUT2D eigenvalue weighted by molar-refractivity contribution is 5.91. The Kier molecular flexibility index (Phi) is 4.77. The van der Waals surface area contributed by atoms with E-state index in [4.69, 9.17) is 9.84 Å². The molecule has 0 bridgehead atoms. The number of halogens is 3. The maximum absolute atomic E-state index is 12.6. The maximum Gasteiger partial charge on any atom is 0.417 e. The van der Waals surface area contributed by atoms with Crippen LogP contribution in [0.3, 0.4) is 0 Å². The molecule has 0 saturated heterocycles. The fourth-order valence-electron chi connectivity index (χ4n) is 1.63. The number of aromatic carboxylic acids is 1. The predicted octanol–water partition coefficient (Wildman–Crippen LogP) is 2.85. The number of methoxy groups -OCH3 is 1. The summed E-state index contributed by atoms with van der Waals surface area (Å²) in [4.78, 5) is 10.9. The second kappa shape index (κ2) is 5.92. The number of carbonyl (C=O) groups is 1. The molecule has 106 valence electrons. The van der Waals surface area contributed by atoms with E-state index in [1.165, 1.54) is 13.2 Å². The Morgan fingerprint density at radius 1 is 1.47 bits per heavy atom. The summed E-state index contributed by atoms with van der Waals surface area (Å²) in [5, 5.41) is 11.7. The minimum absolute atomic E-state index is 0.150. The van der Waals surface area contributed by atoms with Crippen molar-refractivity contribution >= 4 is 11.7 Å². The van der Waals surface area contributed by atoms with Gasteiger partial charge in [0.2, 0.25) is 0 Å². The lowest BCUT2D eigenvalue weighted by Crippen LogP contribution is -2.21. The van der Waals surface area contributed by atoms with Crippen molar-refractivity contribution in [1.29, 1.82) is 0 Å². The van der Waals surface area contributed by atoms with Gasteiger partial charge >= 0.3 is 12.1 Å². The molecule has 0 aliphatic heterocycles. The van der Waals surface area contributed by atoms with Crippen molar-refractivity contribution < 1.29 is 27.8 Å². The van der Waals surface area contributed by atoms with Crippen molar-refractivity contribution in [3.8, 4) is 0 Å². The molecule has 0 saturated carbocycles. The normalized spacial score (nSPS) is 13.1. The second-order valence-corrected chi connectivity index (χ2v) is 4.06. The molecule has 0 aliphatic carbocycles. The van der Waals surface area contributed by atoms with E-state index >= 15 is 0 Å². The van der Waals surface area contributed by atoms with E-state index < -0.39 is 23.3 Å². The number of nitrogens with one attached hydrogen (secondary N) is 1. The van der Waals surface area contributed by atoms with Crippen LogP contribution in [0, 0.1) is 0 Å². The Labute approximate surface area is 108 Å². The summed E-state index contributed by atoms with van der Waals surface area (Å²) >= 11 is 0. The minimum atomic E-state index is -4.69. The van der Waals surface area contributed by atoms with Crippen molar-refractivity contribution in [1.82, 2.24) is 0 Å². The standard InChI is InChI=1S/C12H14F3NO3/c1-7(6-19-2)16-8-3-4-10(12(13,14)15)9(5-8)11(17)18/h3-5,7,16H,6H2,1-2H3,(H,17,18). The molecule has 0 aromatic heterocycles. The van der Waals surface area contributed by atoms with Crippen LogP contribution in [0.5, 0.6) is 0 Å². The third-order valence-electron chi connectivity index (χ3n) is 2.39. The lowest BCUT2D eigenvalue weighted by Gasteiger charge is -2.16. The molecular weight excluding hydrogens is 263 g/mol. The number of ether oxygens (including phenoxy) is 1. The zero-order valence-corrected chi connectivity index (χ0v) is 10.4. The molecule has 0 heterocycles. The van der Waals surface area contributed by atoms with Crippen LogP contribution in [0.2, 0.25) is 0 Å². The molecule has 0 amide bonds. The molecule has 0 aliphatic rings. The lowest BCUT2D eigenvalue weighted by atomic mass is 10.1. The average Bonchev–Trinajstić information content (AvgIpc) is 2.27. The van der Waals surface area contributed by atoms with Gasteiger partial charge in [0.1, 0.15) is 0 Å². The Morgan fingerprint density at radius 2 is 2.11 bits per heavy atom. The van der Waals surface area contributed by atoms with Crippen molar-refractivity contribution in [2.24, 2.45) is 0 Å². The Morgan fingerprint density at radius 3 is 2.58 bits per heavy atom. The molecule has 1 unspecified atom stereocenters. The van der Waals surface area contributed by atoms with E-state index in [1.54, 1.807) is 6.92 Å². The van der Waals surface area contributed by atoms with Gasteiger partial charge in [0.25, 0.3) is 0 Å². The summed E-state index contributed by atoms with van der Waals surface area (Å²) < 4.78 is 42.7. The van der Waals surface area contributed by atoms with Gasteiger partial charge in [0.15, 0.2) is 0 Å². The highest BCUT2D eigenvalue weighted by Crippen LogP contribution is 2.33. The van der Waals surface area contributed by atoms with Crippen LogP contribution in [-0.2, 0) is 10.9 Å². The molecule has 0 radical (unpaired) electrons. The number of hydrogen-bond donors (Lipinski definition) is 2. The predicted molar refractivity (Wildman–Crippen MR) is 63.4 cm³/mol. The lowest BCUT2D eigenvalue weighted by molar-refractivity contribution is -0.138. The molecular formula is C12H14F3NO3. The van der Waals surface area contributed by atoms with Crippen molar-refractivity contribution in [2.75, 3.05) is 19.0 Å². The van der Waals surface area contributed by atoms with Crippen molar-refractivity contribution in [2.45, 2.75) is 19.1 Å². The van der Waals surface area contributed by atoms with E-state index in [2.05, 4.69) is 5.32 Å². The maximum atomic E-state index is 12.6. The first-order valence-corrected chi connectivity index (χ1v) is 5.45. The number of carboxylic acids is 1. The summed E-state index contributed by atoms with van der Waals surface area (Å²) in [5.41, 5.74) is -1.64. The molecule has 0 spiro atoms. The largest absolute Gasteiger partial charge is 0.478 e. The number of carboxylic acid groups (broad SMARTS) is 1. The second-order valence-electron chi connectivity index (χ2n) is 4.06. The zero-order valence-electron chi connectivity index (χ0n) is 10.4. The molecule has 2 N–H and O–H groups in total. The van der Waals surface area contributed by atoms with Gasteiger partial charge in [-0.05, 0) is 25.1 Å². The number of benzene rings is 1. The molecule has 7 heteroatoms. The summed E-state index contributed by atoms with van der Waals surface area (Å²) in [7, 11) is 1.49. The minimum Gasteiger partial charge on any atom is -0.478 e. The summed E-state index contributed by atoms with van der Waals surface area (Å²) in [5.74, 6) is -1.62. The monoisotopic (exact) mass is 277 g/mol. The number of anilines is 1. The van der Waals surface area contributed by atoms with Crippen LogP contribution in [-0.4, -0.2) is 30.8 Å². The first-order chi connectivity index (χ1) is 8.75. The highest BCUT2D eigenvalue weighted by atomic mass is 19.4. The van der Waals surface area contributed by atoms with Gasteiger partial charge < -0.3 is 15.2 Å². The molecule has 19 heavy (non-hydrogen) atoms. The molecule has 4 nitrogen and oxygen atoms in total. The van der Waals surface area contributed by atoms with E-state index in [0.717, 1.165) is 12.1 Å². The van der Waals surface area contributed by atoms with E-state index in [-0.39, 0.29) is 6.04 Å². The molecule has 1 atom stereocenters. The first-order valence-electron chi connectivity index (χ1n) is 5.45. The van der Waals surface area contributed by atoms with Crippen LogP contribution in [0.25, 0.3) is 0 Å². The highest BCUT2D eigenvalue weighted by Gasteiger charge is 2.35. The summed E-state index contributed by atoms with van der Waals surface area (Å²) in [6, 6.07) is 2.77. The summed E-state index contributed by atoms with van der Waals surface area (Å²) in [6.45, 7) is 2.12. The van der Waals surface area contributed by atoms with Crippen LogP contribution < -0.4 is 5.32 Å². The molecule has 1 aromatic rings. The molecule has 1 aromatic carbocycles. The van der Waals surface area contributed by atoms with Gasteiger partial charge in [-0.1, -0.05) is 0 Å². The molecule has 0 fully saturated rings. The Hall–Kier alpha value is -1.76. The third kappa shape index (κ3) is 4.13. The topological polar surface area (TPSA) is 58.6 Å². The number of alkyl halides is 3.